The van der Waals surface area contributed by atoms with Gasteiger partial charge in [-0.2, -0.15) is 4.98 Å². The number of carboxylic acid groups (broad SMARTS) is 1. The molecule has 0 bridgehead atoms. The number of nitrogens with zero attached hydrogens (tertiary/aromatic N) is 4. The number of benzene rings is 1. The quantitative estimate of drug-likeness (QED) is 0.464. The van der Waals surface area contributed by atoms with Crippen LogP contribution >= 0.6 is 0 Å². The van der Waals surface area contributed by atoms with Crippen LogP contribution in [0.15, 0.2) is 59.3 Å². The summed E-state index contributed by atoms with van der Waals surface area (Å²) in [6.45, 7) is 0.618. The summed E-state index contributed by atoms with van der Waals surface area (Å²) >= 11 is 0. The van der Waals surface area contributed by atoms with Crippen molar-refractivity contribution in [2.24, 2.45) is 0 Å². The monoisotopic (exact) mass is 392 g/mol. The fourth-order valence-electron chi connectivity index (χ4n) is 2.56. The van der Waals surface area contributed by atoms with Gasteiger partial charge in [-0.3, -0.25) is 5.32 Å². The summed E-state index contributed by atoms with van der Waals surface area (Å²) < 4.78 is 6.38. The predicted octanol–water partition coefficient (Wildman–Crippen LogP) is 4.26. The highest BCUT2D eigenvalue weighted by atomic mass is 16.5. The Kier molecular flexibility index (Phi) is 5.37. The van der Waals surface area contributed by atoms with Gasteiger partial charge in [-0.05, 0) is 17.7 Å². The number of aromatic nitrogens is 4. The van der Waals surface area contributed by atoms with Gasteiger partial charge in [0.2, 0.25) is 0 Å². The molecule has 0 saturated heterocycles. The van der Waals surface area contributed by atoms with Crippen LogP contribution in [0.2, 0.25) is 0 Å². The number of hydrogen-bond acceptors (Lipinski definition) is 6. The van der Waals surface area contributed by atoms with Crippen LogP contribution in [-0.4, -0.2) is 31.0 Å². The van der Waals surface area contributed by atoms with Crippen LogP contribution in [0.1, 0.15) is 24.8 Å². The third-order valence-corrected chi connectivity index (χ3v) is 4.09. The van der Waals surface area contributed by atoms with Crippen LogP contribution < -0.4 is 10.6 Å². The molecule has 3 N–H and O–H groups in total. The minimum atomic E-state index is -1.20. The molecule has 9 nitrogen and oxygen atoms in total. The first kappa shape index (κ1) is 18.5. The van der Waals surface area contributed by atoms with Gasteiger partial charge in [0.15, 0.2) is 11.5 Å². The lowest BCUT2D eigenvalue weighted by Crippen LogP contribution is -2.08. The molecule has 5 rings (SSSR count). The molecule has 0 spiro atoms. The van der Waals surface area contributed by atoms with Gasteiger partial charge in [-0.15, -0.1) is 5.10 Å². The fraction of sp³-hybridized carbons (Fsp3) is 0.200. The van der Waals surface area contributed by atoms with Crippen molar-refractivity contribution in [2.45, 2.75) is 25.8 Å². The van der Waals surface area contributed by atoms with E-state index in [-0.39, 0.29) is 5.95 Å². The second-order valence-electron chi connectivity index (χ2n) is 6.54. The Morgan fingerprint density at radius 2 is 1.90 bits per heavy atom. The van der Waals surface area contributed by atoms with Crippen LogP contribution in [0.4, 0.5) is 16.6 Å². The van der Waals surface area contributed by atoms with Crippen LogP contribution in [0.3, 0.4) is 0 Å². The molecule has 0 unspecified atom stereocenters. The van der Waals surface area contributed by atoms with E-state index in [2.05, 4.69) is 25.9 Å². The Hall–Kier alpha value is -3.88. The third kappa shape index (κ3) is 4.89. The van der Waals surface area contributed by atoms with Crippen LogP contribution in [0.5, 0.6) is 0 Å². The first-order valence-electron chi connectivity index (χ1n) is 9.28. The summed E-state index contributed by atoms with van der Waals surface area (Å²) in [6, 6.07) is 15.2. The Morgan fingerprint density at radius 1 is 1.10 bits per heavy atom. The van der Waals surface area contributed by atoms with E-state index in [1.165, 1.54) is 25.5 Å². The highest BCUT2D eigenvalue weighted by molar-refractivity contribution is 5.80. The van der Waals surface area contributed by atoms with E-state index in [0.717, 1.165) is 16.8 Å². The van der Waals surface area contributed by atoms with E-state index >= 15 is 0 Å². The number of hydrogen-bond donors (Lipinski definition) is 3. The predicted molar refractivity (Wildman–Crippen MR) is 108 cm³/mol. The fourth-order valence-corrected chi connectivity index (χ4v) is 2.56. The molecular weight excluding hydrogens is 372 g/mol. The third-order valence-electron chi connectivity index (χ3n) is 4.09. The molecule has 0 radical (unpaired) electrons. The minimum absolute atomic E-state index is 0.0402. The summed E-state index contributed by atoms with van der Waals surface area (Å²) in [4.78, 5) is 14.9. The molecule has 1 aromatic carbocycles. The van der Waals surface area contributed by atoms with Crippen molar-refractivity contribution in [3.63, 3.8) is 0 Å². The number of nitrogens with one attached hydrogen (secondary N) is 2. The molecule has 1 amide bonds. The van der Waals surface area contributed by atoms with Gasteiger partial charge >= 0.3 is 6.09 Å². The maximum atomic E-state index is 10.8. The topological polar surface area (TPSA) is 118 Å². The highest BCUT2D eigenvalue weighted by Crippen LogP contribution is 2.22. The Balaban J connectivity index is 0.000000626. The summed E-state index contributed by atoms with van der Waals surface area (Å²) in [5, 5.41) is 22.1. The average molecular weight is 392 g/mol. The molecule has 29 heavy (non-hydrogen) atoms. The number of amides is 1. The lowest BCUT2D eigenvalue weighted by Gasteiger charge is -2.06. The van der Waals surface area contributed by atoms with Crippen LogP contribution in [0.25, 0.3) is 16.9 Å². The van der Waals surface area contributed by atoms with Crippen molar-refractivity contribution in [3.05, 3.63) is 60.4 Å². The first-order valence-corrected chi connectivity index (χ1v) is 9.28. The van der Waals surface area contributed by atoms with Gasteiger partial charge < -0.3 is 14.9 Å². The van der Waals surface area contributed by atoms with Gasteiger partial charge in [-0.25, -0.2) is 9.31 Å². The largest absolute Gasteiger partial charge is 0.465 e. The number of carbonyl (C=O) groups is 1. The van der Waals surface area contributed by atoms with Gasteiger partial charge in [-0.1, -0.05) is 54.8 Å². The van der Waals surface area contributed by atoms with E-state index in [9.17, 15) is 4.79 Å². The van der Waals surface area contributed by atoms with E-state index < -0.39 is 6.09 Å². The van der Waals surface area contributed by atoms with Crippen molar-refractivity contribution < 1.29 is 14.4 Å². The summed E-state index contributed by atoms with van der Waals surface area (Å²) in [5.74, 6) is 0.721. The SMILES string of the molecule is C1CC1.O=C(O)Nc1nc2cccc(-c3ccc(CNc4ccon4)cc3)n2n1. The molecule has 148 valence electrons. The second-order valence-corrected chi connectivity index (χ2v) is 6.54. The van der Waals surface area contributed by atoms with Crippen molar-refractivity contribution in [3.8, 4) is 11.3 Å². The Morgan fingerprint density at radius 3 is 2.55 bits per heavy atom. The summed E-state index contributed by atoms with van der Waals surface area (Å²) in [5.41, 5.74) is 3.38. The molecular formula is C20H20N6O3. The van der Waals surface area contributed by atoms with Crippen molar-refractivity contribution in [2.75, 3.05) is 10.6 Å². The first-order chi connectivity index (χ1) is 14.2. The van der Waals surface area contributed by atoms with Gasteiger partial charge in [0.25, 0.3) is 5.95 Å². The molecule has 0 atom stereocenters. The number of fused-ring (bicyclic) bond motifs is 1. The van der Waals surface area contributed by atoms with Gasteiger partial charge in [0, 0.05) is 18.2 Å². The molecule has 1 aliphatic rings. The van der Waals surface area contributed by atoms with E-state index in [1.54, 1.807) is 16.6 Å². The lowest BCUT2D eigenvalue weighted by atomic mass is 10.1. The smallest absolute Gasteiger partial charge is 0.411 e. The van der Waals surface area contributed by atoms with Crippen molar-refractivity contribution in [1.82, 2.24) is 19.8 Å². The average Bonchev–Trinajstić information content (AvgIpc) is 3.40. The van der Waals surface area contributed by atoms with E-state index in [0.29, 0.717) is 18.0 Å². The summed E-state index contributed by atoms with van der Waals surface area (Å²) in [7, 11) is 0. The molecule has 3 heterocycles. The Bertz CT molecular complexity index is 1080. The standard InChI is InChI=1S/C17H14N6O3.C3H6/c24-17(25)20-16-19-15-3-1-2-13(23(15)21-16)12-6-4-11(5-7-12)10-18-14-8-9-26-22-14;1-2-3-1/h1-9H,10H2,(H,18,22)(H,20,21)(H,24,25);1-3H2. The van der Waals surface area contributed by atoms with Gasteiger partial charge in [0.05, 0.1) is 5.69 Å². The molecule has 1 saturated carbocycles. The van der Waals surface area contributed by atoms with Crippen LogP contribution in [-0.2, 0) is 6.54 Å². The number of anilines is 2. The van der Waals surface area contributed by atoms with E-state index in [4.69, 9.17) is 9.63 Å². The lowest BCUT2D eigenvalue weighted by molar-refractivity contribution is 0.209. The van der Waals surface area contributed by atoms with E-state index in [1.807, 2.05) is 36.4 Å². The zero-order chi connectivity index (χ0) is 20.1. The minimum Gasteiger partial charge on any atom is -0.465 e. The molecule has 1 aliphatic carbocycles. The van der Waals surface area contributed by atoms with Crippen molar-refractivity contribution in [1.29, 1.82) is 0 Å². The molecule has 4 aromatic rings. The highest BCUT2D eigenvalue weighted by Gasteiger charge is 2.10. The molecule has 1 fully saturated rings. The zero-order valence-electron chi connectivity index (χ0n) is 15.6. The second kappa shape index (κ2) is 8.42. The Labute approximate surface area is 166 Å². The van der Waals surface area contributed by atoms with Crippen LogP contribution in [0, 0.1) is 0 Å². The number of pyridine rings is 1. The maximum Gasteiger partial charge on any atom is 0.411 e. The molecule has 3 aromatic heterocycles. The summed E-state index contributed by atoms with van der Waals surface area (Å²) in [6.07, 6.45) is 4.81. The normalized spacial score (nSPS) is 12.1. The zero-order valence-corrected chi connectivity index (χ0v) is 15.6. The number of rotatable bonds is 5. The maximum absolute atomic E-state index is 10.8. The van der Waals surface area contributed by atoms with Crippen molar-refractivity contribution >= 4 is 23.5 Å². The van der Waals surface area contributed by atoms with Gasteiger partial charge in [0.1, 0.15) is 6.26 Å². The molecule has 0 aliphatic heterocycles. The molecule has 9 heteroatoms.